The number of carbonyl (C=O) groups is 2. The lowest BCUT2D eigenvalue weighted by molar-refractivity contribution is -0.114. The van der Waals surface area contributed by atoms with Gasteiger partial charge in [-0.2, -0.15) is 0 Å². The minimum atomic E-state index is -0.453. The number of fused-ring (bicyclic) bond motifs is 1. The van der Waals surface area contributed by atoms with Gasteiger partial charge >= 0.3 is 0 Å². The van der Waals surface area contributed by atoms with E-state index in [1.165, 1.54) is 13.4 Å². The van der Waals surface area contributed by atoms with E-state index in [1.54, 1.807) is 18.2 Å². The molecule has 5 nitrogen and oxygen atoms in total. The largest absolute Gasteiger partial charge is 0.501 e. The van der Waals surface area contributed by atoms with Crippen molar-refractivity contribution in [2.45, 2.75) is 6.92 Å². The monoisotopic (exact) mass is 247 g/mol. The summed E-state index contributed by atoms with van der Waals surface area (Å²) in [6.45, 7) is 2.27. The van der Waals surface area contributed by atoms with Crippen LogP contribution in [0.5, 0.6) is 5.75 Å². The van der Waals surface area contributed by atoms with Crippen LogP contribution in [0, 0.1) is 0 Å². The number of carbonyl (C=O) groups excluding carboxylic acids is 2. The predicted octanol–water partition coefficient (Wildman–Crippen LogP) is 1.34. The Kier molecular flexibility index (Phi) is 3.32. The molecule has 0 saturated carbocycles. The third kappa shape index (κ3) is 2.07. The van der Waals surface area contributed by atoms with E-state index in [4.69, 9.17) is 9.47 Å². The standard InChI is InChI=1S/C13H13NO4/c1-3-18-7-11-9-5-4-8(17-2)6-10(9)12(15)14-13(11)16/h4-7H,3H2,1-2H3,(H,14,15,16)/b11-7+. The Hall–Kier alpha value is -2.30. The number of nitrogens with one attached hydrogen (secondary N) is 1. The molecule has 94 valence electrons. The first-order valence-electron chi connectivity index (χ1n) is 5.53. The van der Waals surface area contributed by atoms with Gasteiger partial charge in [0.05, 0.1) is 31.1 Å². The van der Waals surface area contributed by atoms with E-state index < -0.39 is 11.8 Å². The average molecular weight is 247 g/mol. The number of rotatable bonds is 3. The molecule has 0 aromatic heterocycles. The molecule has 1 N–H and O–H groups in total. The van der Waals surface area contributed by atoms with Gasteiger partial charge in [0.25, 0.3) is 11.8 Å². The van der Waals surface area contributed by atoms with Crippen molar-refractivity contribution in [1.29, 1.82) is 0 Å². The Bertz CT molecular complexity index is 534. The van der Waals surface area contributed by atoms with Crippen molar-refractivity contribution in [2.24, 2.45) is 0 Å². The number of imide groups is 1. The van der Waals surface area contributed by atoms with Crippen LogP contribution in [-0.4, -0.2) is 25.5 Å². The zero-order chi connectivity index (χ0) is 13.1. The molecule has 0 unspecified atom stereocenters. The lowest BCUT2D eigenvalue weighted by Gasteiger charge is -2.18. The summed E-state index contributed by atoms with van der Waals surface area (Å²) in [5.74, 6) is -0.317. The van der Waals surface area contributed by atoms with Crippen molar-refractivity contribution < 1.29 is 19.1 Å². The zero-order valence-electron chi connectivity index (χ0n) is 10.1. The highest BCUT2D eigenvalue weighted by Crippen LogP contribution is 2.27. The Morgan fingerprint density at radius 2 is 2.00 bits per heavy atom. The van der Waals surface area contributed by atoms with Crippen LogP contribution in [0.15, 0.2) is 24.5 Å². The summed E-state index contributed by atoms with van der Waals surface area (Å²) in [6.07, 6.45) is 1.37. The van der Waals surface area contributed by atoms with Crippen LogP contribution in [0.2, 0.25) is 0 Å². The molecule has 0 fully saturated rings. The van der Waals surface area contributed by atoms with Gasteiger partial charge in [0.1, 0.15) is 5.75 Å². The fraction of sp³-hybridized carbons (Fsp3) is 0.231. The molecule has 0 saturated heterocycles. The number of methoxy groups -OCH3 is 1. The fourth-order valence-corrected chi connectivity index (χ4v) is 1.72. The number of ether oxygens (including phenoxy) is 2. The smallest absolute Gasteiger partial charge is 0.261 e. The van der Waals surface area contributed by atoms with Gasteiger partial charge in [-0.15, -0.1) is 0 Å². The van der Waals surface area contributed by atoms with Crippen LogP contribution in [0.3, 0.4) is 0 Å². The Balaban J connectivity index is 2.52. The molecule has 0 spiro atoms. The van der Waals surface area contributed by atoms with Gasteiger partial charge in [-0.1, -0.05) is 0 Å². The van der Waals surface area contributed by atoms with Gasteiger partial charge in [-0.05, 0) is 25.1 Å². The van der Waals surface area contributed by atoms with E-state index >= 15 is 0 Å². The summed E-state index contributed by atoms with van der Waals surface area (Å²) in [6, 6.07) is 4.97. The minimum Gasteiger partial charge on any atom is -0.501 e. The summed E-state index contributed by atoms with van der Waals surface area (Å²) in [7, 11) is 1.52. The van der Waals surface area contributed by atoms with Crippen molar-refractivity contribution in [3.63, 3.8) is 0 Å². The highest BCUT2D eigenvalue weighted by Gasteiger charge is 2.27. The Labute approximate surface area is 104 Å². The van der Waals surface area contributed by atoms with Crippen LogP contribution < -0.4 is 10.1 Å². The van der Waals surface area contributed by atoms with Crippen molar-refractivity contribution in [3.8, 4) is 5.75 Å². The molecule has 2 amide bonds. The average Bonchev–Trinajstić information content (AvgIpc) is 2.38. The summed E-state index contributed by atoms with van der Waals surface area (Å²) >= 11 is 0. The SMILES string of the molecule is CCO/C=C1/C(=O)NC(=O)c2cc(OC)ccc21. The van der Waals surface area contributed by atoms with Gasteiger partial charge < -0.3 is 9.47 Å². The molecule has 0 aliphatic carbocycles. The second-order valence-electron chi connectivity index (χ2n) is 3.68. The summed E-state index contributed by atoms with van der Waals surface area (Å²) in [4.78, 5) is 23.4. The first kappa shape index (κ1) is 12.2. The van der Waals surface area contributed by atoms with Gasteiger partial charge in [-0.25, -0.2) is 0 Å². The molecule has 0 bridgehead atoms. The number of benzene rings is 1. The first-order chi connectivity index (χ1) is 8.67. The van der Waals surface area contributed by atoms with E-state index in [2.05, 4.69) is 5.32 Å². The predicted molar refractivity (Wildman–Crippen MR) is 65.1 cm³/mol. The quantitative estimate of drug-likeness (QED) is 0.497. The molecule has 1 aliphatic rings. The maximum atomic E-state index is 11.7. The van der Waals surface area contributed by atoms with E-state index in [9.17, 15) is 9.59 Å². The van der Waals surface area contributed by atoms with Crippen molar-refractivity contribution in [2.75, 3.05) is 13.7 Å². The second kappa shape index (κ2) is 4.91. The molecule has 1 aromatic rings. The van der Waals surface area contributed by atoms with Gasteiger partial charge in [0.2, 0.25) is 0 Å². The lowest BCUT2D eigenvalue weighted by Crippen LogP contribution is -2.36. The van der Waals surface area contributed by atoms with Crippen molar-refractivity contribution >= 4 is 17.4 Å². The Morgan fingerprint density at radius 3 is 2.67 bits per heavy atom. The molecule has 18 heavy (non-hydrogen) atoms. The second-order valence-corrected chi connectivity index (χ2v) is 3.68. The molecule has 1 heterocycles. The maximum absolute atomic E-state index is 11.7. The molecule has 0 radical (unpaired) electrons. The van der Waals surface area contributed by atoms with E-state index in [0.717, 1.165) is 0 Å². The maximum Gasteiger partial charge on any atom is 0.261 e. The third-order valence-corrected chi connectivity index (χ3v) is 2.60. The molecular weight excluding hydrogens is 234 g/mol. The molecule has 0 atom stereocenters. The van der Waals surface area contributed by atoms with Gasteiger partial charge in [0, 0.05) is 5.56 Å². The number of hydrogen-bond donors (Lipinski definition) is 1. The summed E-state index contributed by atoms with van der Waals surface area (Å²) in [5, 5.41) is 2.26. The molecular formula is C13H13NO4. The summed E-state index contributed by atoms with van der Waals surface area (Å²) in [5.41, 5.74) is 1.30. The van der Waals surface area contributed by atoms with E-state index in [0.29, 0.717) is 29.1 Å². The van der Waals surface area contributed by atoms with Crippen molar-refractivity contribution in [1.82, 2.24) is 5.32 Å². The number of amides is 2. The van der Waals surface area contributed by atoms with E-state index in [-0.39, 0.29) is 0 Å². The van der Waals surface area contributed by atoms with Crippen LogP contribution in [0.25, 0.3) is 5.57 Å². The minimum absolute atomic E-state index is 0.342. The van der Waals surface area contributed by atoms with Gasteiger partial charge in [-0.3, -0.25) is 14.9 Å². The van der Waals surface area contributed by atoms with Gasteiger partial charge in [0.15, 0.2) is 0 Å². The zero-order valence-corrected chi connectivity index (χ0v) is 10.1. The normalized spacial score (nSPS) is 16.2. The third-order valence-electron chi connectivity index (χ3n) is 2.60. The molecule has 1 aliphatic heterocycles. The lowest BCUT2D eigenvalue weighted by atomic mass is 9.95. The van der Waals surface area contributed by atoms with E-state index in [1.807, 2.05) is 6.92 Å². The van der Waals surface area contributed by atoms with Crippen LogP contribution >= 0.6 is 0 Å². The molecule has 5 heteroatoms. The van der Waals surface area contributed by atoms with Crippen LogP contribution in [0.4, 0.5) is 0 Å². The van der Waals surface area contributed by atoms with Crippen molar-refractivity contribution in [3.05, 3.63) is 35.6 Å². The topological polar surface area (TPSA) is 64.6 Å². The van der Waals surface area contributed by atoms with Crippen LogP contribution in [-0.2, 0) is 9.53 Å². The summed E-state index contributed by atoms with van der Waals surface area (Å²) < 4.78 is 10.2. The fourth-order valence-electron chi connectivity index (χ4n) is 1.72. The Morgan fingerprint density at radius 1 is 1.22 bits per heavy atom. The number of hydrogen-bond acceptors (Lipinski definition) is 4. The first-order valence-corrected chi connectivity index (χ1v) is 5.53. The van der Waals surface area contributed by atoms with Crippen LogP contribution in [0.1, 0.15) is 22.8 Å². The molecule has 2 rings (SSSR count). The highest BCUT2D eigenvalue weighted by atomic mass is 16.5. The molecule has 1 aromatic carbocycles. The highest BCUT2D eigenvalue weighted by molar-refractivity contribution is 6.30.